The van der Waals surface area contributed by atoms with Crippen molar-refractivity contribution in [3.63, 3.8) is 0 Å². The van der Waals surface area contributed by atoms with Gasteiger partial charge in [0.1, 0.15) is 11.9 Å². The van der Waals surface area contributed by atoms with Gasteiger partial charge in [-0.15, -0.1) is 0 Å². The Morgan fingerprint density at radius 2 is 2.19 bits per heavy atom. The van der Waals surface area contributed by atoms with Gasteiger partial charge in [0.25, 0.3) is 5.56 Å². The van der Waals surface area contributed by atoms with E-state index >= 15 is 0 Å². The number of anilines is 1. The lowest BCUT2D eigenvalue weighted by atomic mass is 10.3. The fraction of sp³-hybridized carbons (Fsp3) is 0.375. The van der Waals surface area contributed by atoms with Crippen LogP contribution in [-0.2, 0) is 4.74 Å². The van der Waals surface area contributed by atoms with Gasteiger partial charge in [0, 0.05) is 13.7 Å². The predicted octanol–water partition coefficient (Wildman–Crippen LogP) is -1.13. The minimum absolute atomic E-state index is 0.0252. The summed E-state index contributed by atoms with van der Waals surface area (Å²) in [6.07, 6.45) is -0.394. The highest BCUT2D eigenvalue weighted by atomic mass is 16.5. The molecule has 0 aliphatic carbocycles. The highest BCUT2D eigenvalue weighted by Gasteiger charge is 2.15. The molecule has 6 N–H and O–H groups in total. The largest absolute Gasteiger partial charge is 0.372 e. The Bertz CT molecular complexity index is 555. The van der Waals surface area contributed by atoms with E-state index in [1.807, 2.05) is 0 Å². The number of H-pyrrole nitrogens is 2. The molecule has 2 aromatic rings. The number of hydrogen-bond acceptors (Lipinski definition) is 6. The van der Waals surface area contributed by atoms with Crippen LogP contribution in [0.4, 0.5) is 5.95 Å². The Balaban J connectivity index is 2.59. The van der Waals surface area contributed by atoms with Gasteiger partial charge >= 0.3 is 0 Å². The number of ether oxygens (including phenoxy) is 1. The summed E-state index contributed by atoms with van der Waals surface area (Å²) in [5.74, 6) is 0.487. The highest BCUT2D eigenvalue weighted by Crippen LogP contribution is 2.14. The van der Waals surface area contributed by atoms with E-state index in [4.69, 9.17) is 16.2 Å². The van der Waals surface area contributed by atoms with Crippen molar-refractivity contribution < 1.29 is 4.74 Å². The number of nitrogens with one attached hydrogen (secondary N) is 2. The maximum atomic E-state index is 11.5. The molecule has 2 heterocycles. The van der Waals surface area contributed by atoms with Crippen molar-refractivity contribution in [1.82, 2.24) is 19.9 Å². The Hall–Kier alpha value is -1.93. The van der Waals surface area contributed by atoms with E-state index < -0.39 is 6.10 Å². The van der Waals surface area contributed by atoms with Crippen LogP contribution in [0.15, 0.2) is 4.79 Å². The van der Waals surface area contributed by atoms with E-state index in [1.165, 1.54) is 7.11 Å². The third kappa shape index (κ3) is 1.64. The fourth-order valence-electron chi connectivity index (χ4n) is 1.41. The zero-order valence-electron chi connectivity index (χ0n) is 8.65. The van der Waals surface area contributed by atoms with E-state index in [1.54, 1.807) is 0 Å². The second-order valence-corrected chi connectivity index (χ2v) is 3.23. The van der Waals surface area contributed by atoms with E-state index in [2.05, 4.69) is 19.9 Å². The molecule has 16 heavy (non-hydrogen) atoms. The van der Waals surface area contributed by atoms with Crippen molar-refractivity contribution in [2.45, 2.75) is 6.10 Å². The maximum absolute atomic E-state index is 11.5. The molecular formula is C8H12N6O2. The SMILES string of the molecule is COC(CN)c1nc2nc(N)[nH]c(=O)c2[nH]1. The van der Waals surface area contributed by atoms with E-state index in [-0.39, 0.29) is 29.2 Å². The molecule has 8 nitrogen and oxygen atoms in total. The summed E-state index contributed by atoms with van der Waals surface area (Å²) in [6.45, 7) is 0.254. The van der Waals surface area contributed by atoms with Crippen molar-refractivity contribution in [3.8, 4) is 0 Å². The van der Waals surface area contributed by atoms with Crippen molar-refractivity contribution in [3.05, 3.63) is 16.2 Å². The zero-order chi connectivity index (χ0) is 11.7. The van der Waals surface area contributed by atoms with Gasteiger partial charge < -0.3 is 21.2 Å². The lowest BCUT2D eigenvalue weighted by molar-refractivity contribution is 0.104. The molecule has 0 saturated carbocycles. The topological polar surface area (TPSA) is 136 Å². The number of aromatic nitrogens is 4. The van der Waals surface area contributed by atoms with Gasteiger partial charge in [-0.1, -0.05) is 0 Å². The maximum Gasteiger partial charge on any atom is 0.278 e. The summed E-state index contributed by atoms with van der Waals surface area (Å²) in [4.78, 5) is 24.7. The Morgan fingerprint density at radius 3 is 2.81 bits per heavy atom. The van der Waals surface area contributed by atoms with Crippen LogP contribution in [0, 0.1) is 0 Å². The second-order valence-electron chi connectivity index (χ2n) is 3.23. The summed E-state index contributed by atoms with van der Waals surface area (Å²) in [7, 11) is 1.51. The summed E-state index contributed by atoms with van der Waals surface area (Å²) in [5, 5.41) is 0. The predicted molar refractivity (Wildman–Crippen MR) is 57.7 cm³/mol. The molecule has 0 aromatic carbocycles. The molecule has 0 bridgehead atoms. The van der Waals surface area contributed by atoms with Gasteiger partial charge in [-0.2, -0.15) is 4.98 Å². The lowest BCUT2D eigenvalue weighted by Crippen LogP contribution is -2.15. The monoisotopic (exact) mass is 224 g/mol. The molecule has 1 atom stereocenters. The Kier molecular flexibility index (Phi) is 2.59. The first-order chi connectivity index (χ1) is 7.65. The number of nitrogen functional groups attached to an aromatic ring is 1. The molecule has 0 saturated heterocycles. The number of hydrogen-bond donors (Lipinski definition) is 4. The van der Waals surface area contributed by atoms with Gasteiger partial charge in [-0.3, -0.25) is 9.78 Å². The molecule has 86 valence electrons. The van der Waals surface area contributed by atoms with E-state index in [0.29, 0.717) is 5.82 Å². The molecule has 1 unspecified atom stereocenters. The number of fused-ring (bicyclic) bond motifs is 1. The van der Waals surface area contributed by atoms with Crippen LogP contribution in [-0.4, -0.2) is 33.6 Å². The number of nitrogens with zero attached hydrogens (tertiary/aromatic N) is 2. The zero-order valence-corrected chi connectivity index (χ0v) is 8.65. The van der Waals surface area contributed by atoms with Crippen LogP contribution in [0.3, 0.4) is 0 Å². The smallest absolute Gasteiger partial charge is 0.278 e. The minimum atomic E-state index is -0.394. The number of imidazole rings is 1. The van der Waals surface area contributed by atoms with Crippen LogP contribution in [0.5, 0.6) is 0 Å². The van der Waals surface area contributed by atoms with Gasteiger partial charge in [-0.25, -0.2) is 4.98 Å². The summed E-state index contributed by atoms with van der Waals surface area (Å²) in [6, 6.07) is 0. The molecule has 0 amide bonds. The summed E-state index contributed by atoms with van der Waals surface area (Å²) >= 11 is 0. The number of nitrogens with two attached hydrogens (primary N) is 2. The molecule has 0 aliphatic rings. The first-order valence-electron chi connectivity index (χ1n) is 4.64. The minimum Gasteiger partial charge on any atom is -0.372 e. The van der Waals surface area contributed by atoms with Gasteiger partial charge in [0.15, 0.2) is 11.2 Å². The number of methoxy groups -OCH3 is 1. The Morgan fingerprint density at radius 1 is 1.44 bits per heavy atom. The molecule has 8 heteroatoms. The third-order valence-electron chi connectivity index (χ3n) is 2.20. The average Bonchev–Trinajstić information content (AvgIpc) is 2.63. The van der Waals surface area contributed by atoms with Crippen LogP contribution in [0.25, 0.3) is 11.2 Å². The van der Waals surface area contributed by atoms with Crippen molar-refractivity contribution in [1.29, 1.82) is 0 Å². The number of rotatable bonds is 3. The van der Waals surface area contributed by atoms with Crippen molar-refractivity contribution >= 4 is 17.1 Å². The van der Waals surface area contributed by atoms with Crippen molar-refractivity contribution in [2.75, 3.05) is 19.4 Å². The Labute approximate surface area is 90.0 Å². The van der Waals surface area contributed by atoms with Crippen LogP contribution in [0.2, 0.25) is 0 Å². The summed E-state index contributed by atoms with van der Waals surface area (Å²) < 4.78 is 5.10. The molecule has 0 spiro atoms. The van der Waals surface area contributed by atoms with Gasteiger partial charge in [0.05, 0.1) is 0 Å². The first-order valence-corrected chi connectivity index (χ1v) is 4.64. The van der Waals surface area contributed by atoms with Gasteiger partial charge in [0.2, 0.25) is 5.95 Å². The second kappa shape index (κ2) is 3.91. The molecule has 0 fully saturated rings. The quantitative estimate of drug-likeness (QED) is 0.521. The fourth-order valence-corrected chi connectivity index (χ4v) is 1.41. The molecule has 0 radical (unpaired) electrons. The van der Waals surface area contributed by atoms with Crippen LogP contribution < -0.4 is 17.0 Å². The normalized spacial score (nSPS) is 13.1. The molecule has 2 rings (SSSR count). The standard InChI is InChI=1S/C8H12N6O2/c1-16-3(2-9)5-11-4-6(12-5)13-8(10)14-7(4)15/h3H,2,9H2,1H3,(H4,10,11,12,13,14,15). The average molecular weight is 224 g/mol. The first kappa shape index (κ1) is 10.6. The lowest BCUT2D eigenvalue weighted by Gasteiger charge is -2.08. The van der Waals surface area contributed by atoms with Crippen LogP contribution in [0.1, 0.15) is 11.9 Å². The van der Waals surface area contributed by atoms with E-state index in [9.17, 15) is 4.79 Å². The number of aromatic amines is 2. The third-order valence-corrected chi connectivity index (χ3v) is 2.20. The van der Waals surface area contributed by atoms with E-state index in [0.717, 1.165) is 0 Å². The van der Waals surface area contributed by atoms with Gasteiger partial charge in [-0.05, 0) is 0 Å². The molecule has 2 aromatic heterocycles. The highest BCUT2D eigenvalue weighted by molar-refractivity contribution is 5.70. The van der Waals surface area contributed by atoms with Crippen molar-refractivity contribution in [2.24, 2.45) is 5.73 Å². The summed E-state index contributed by atoms with van der Waals surface area (Å²) in [5.41, 5.74) is 11.0. The van der Waals surface area contributed by atoms with Crippen LogP contribution >= 0.6 is 0 Å². The molecule has 0 aliphatic heterocycles. The molecular weight excluding hydrogens is 212 g/mol.